The van der Waals surface area contributed by atoms with Gasteiger partial charge in [-0.25, -0.2) is 4.98 Å². The minimum absolute atomic E-state index is 0.265. The van der Waals surface area contributed by atoms with Gasteiger partial charge >= 0.3 is 0 Å². The molecule has 0 aliphatic carbocycles. The second-order valence-corrected chi connectivity index (χ2v) is 3.78. The molecule has 0 amide bonds. The lowest BCUT2D eigenvalue weighted by Crippen LogP contribution is -1.94. The van der Waals surface area contributed by atoms with E-state index in [0.29, 0.717) is 9.92 Å². The standard InChI is InChI=1S/C6H7ClN2OS/c1-11(10)4-2-5(7)6(8)9-3-4/h2-3H,1H3,(H2,8,9). The monoisotopic (exact) mass is 190 g/mol. The molecule has 0 aliphatic heterocycles. The van der Waals surface area contributed by atoms with Crippen molar-refractivity contribution in [1.29, 1.82) is 0 Å². The number of hydrogen-bond donors (Lipinski definition) is 1. The fourth-order valence-electron chi connectivity index (χ4n) is 0.588. The lowest BCUT2D eigenvalue weighted by molar-refractivity contribution is 0.686. The van der Waals surface area contributed by atoms with E-state index in [2.05, 4.69) is 4.98 Å². The first kappa shape index (κ1) is 8.49. The predicted molar refractivity (Wildman–Crippen MR) is 46.0 cm³/mol. The van der Waals surface area contributed by atoms with Crippen molar-refractivity contribution in [2.24, 2.45) is 0 Å². The summed E-state index contributed by atoms with van der Waals surface area (Å²) in [5.74, 6) is 0.265. The molecule has 0 spiro atoms. The van der Waals surface area contributed by atoms with Crippen molar-refractivity contribution in [3.63, 3.8) is 0 Å². The molecule has 1 atom stereocenters. The van der Waals surface area contributed by atoms with Gasteiger partial charge in [0.1, 0.15) is 5.82 Å². The summed E-state index contributed by atoms with van der Waals surface area (Å²) in [6.45, 7) is 0. The molecule has 11 heavy (non-hydrogen) atoms. The van der Waals surface area contributed by atoms with Crippen molar-refractivity contribution in [1.82, 2.24) is 4.98 Å². The molecular formula is C6H7ClN2OS. The Labute approximate surface area is 72.0 Å². The number of anilines is 1. The third-order valence-corrected chi connectivity index (χ3v) is 2.37. The molecule has 1 aromatic rings. The number of nitrogens with zero attached hydrogens (tertiary/aromatic N) is 1. The molecule has 0 saturated heterocycles. The molecule has 1 rings (SSSR count). The van der Waals surface area contributed by atoms with Crippen molar-refractivity contribution in [3.8, 4) is 0 Å². The Morgan fingerprint density at radius 1 is 1.73 bits per heavy atom. The predicted octanol–water partition coefficient (Wildman–Crippen LogP) is 1.05. The van der Waals surface area contributed by atoms with Gasteiger partial charge in [-0.1, -0.05) is 11.6 Å². The third-order valence-electron chi connectivity index (χ3n) is 1.18. The summed E-state index contributed by atoms with van der Waals surface area (Å²) in [5, 5.41) is 0.345. The lowest BCUT2D eigenvalue weighted by atomic mass is 10.5. The molecule has 60 valence electrons. The molecule has 1 aromatic heterocycles. The molecular weight excluding hydrogens is 184 g/mol. The molecule has 0 saturated carbocycles. The Morgan fingerprint density at radius 2 is 2.36 bits per heavy atom. The van der Waals surface area contributed by atoms with Crippen molar-refractivity contribution >= 4 is 28.2 Å². The maximum Gasteiger partial charge on any atom is 0.142 e. The number of nitrogen functional groups attached to an aromatic ring is 1. The summed E-state index contributed by atoms with van der Waals surface area (Å²) in [7, 11) is -1.05. The van der Waals surface area contributed by atoms with Crippen LogP contribution < -0.4 is 5.73 Å². The van der Waals surface area contributed by atoms with E-state index in [-0.39, 0.29) is 5.82 Å². The largest absolute Gasteiger partial charge is 0.382 e. The number of nitrogens with two attached hydrogens (primary N) is 1. The average Bonchev–Trinajstić information content (AvgIpc) is 1.94. The summed E-state index contributed by atoms with van der Waals surface area (Å²) in [5.41, 5.74) is 5.35. The van der Waals surface area contributed by atoms with Gasteiger partial charge < -0.3 is 5.73 Å². The summed E-state index contributed by atoms with van der Waals surface area (Å²) in [6.07, 6.45) is 3.01. The van der Waals surface area contributed by atoms with E-state index in [0.717, 1.165) is 0 Å². The van der Waals surface area contributed by atoms with Crippen LogP contribution >= 0.6 is 11.6 Å². The first-order valence-electron chi connectivity index (χ1n) is 2.85. The van der Waals surface area contributed by atoms with Crippen LogP contribution in [0.15, 0.2) is 17.2 Å². The van der Waals surface area contributed by atoms with Crippen LogP contribution in [0, 0.1) is 0 Å². The fraction of sp³-hybridized carbons (Fsp3) is 0.167. The normalized spacial score (nSPS) is 12.9. The van der Waals surface area contributed by atoms with Gasteiger partial charge in [0.2, 0.25) is 0 Å². The Kier molecular flexibility index (Phi) is 2.46. The number of rotatable bonds is 1. The fourth-order valence-corrected chi connectivity index (χ4v) is 1.30. The van der Waals surface area contributed by atoms with Gasteiger partial charge in [-0.15, -0.1) is 0 Å². The molecule has 1 heterocycles. The molecule has 0 aliphatic rings. The van der Waals surface area contributed by atoms with Crippen LogP contribution in [0.25, 0.3) is 0 Å². The smallest absolute Gasteiger partial charge is 0.142 e. The molecule has 0 aromatic carbocycles. The molecule has 2 N–H and O–H groups in total. The minimum atomic E-state index is -1.05. The zero-order chi connectivity index (χ0) is 8.43. The summed E-state index contributed by atoms with van der Waals surface area (Å²) >= 11 is 5.64. The van der Waals surface area contributed by atoms with Gasteiger partial charge in [-0.2, -0.15) is 0 Å². The Balaban J connectivity index is 3.15. The Bertz CT molecular complexity index is 303. The highest BCUT2D eigenvalue weighted by atomic mass is 35.5. The Hall–Kier alpha value is -0.610. The van der Waals surface area contributed by atoms with Crippen LogP contribution in [0.1, 0.15) is 0 Å². The molecule has 0 radical (unpaired) electrons. The van der Waals surface area contributed by atoms with E-state index in [9.17, 15) is 4.21 Å². The summed E-state index contributed by atoms with van der Waals surface area (Å²) < 4.78 is 10.9. The lowest BCUT2D eigenvalue weighted by Gasteiger charge is -1.98. The maximum absolute atomic E-state index is 10.9. The number of halogens is 1. The van der Waals surface area contributed by atoms with Crippen LogP contribution in [0.5, 0.6) is 0 Å². The van der Waals surface area contributed by atoms with Crippen LogP contribution in [0.2, 0.25) is 5.02 Å². The zero-order valence-electron chi connectivity index (χ0n) is 5.87. The van der Waals surface area contributed by atoms with Crippen molar-refractivity contribution in [3.05, 3.63) is 17.3 Å². The van der Waals surface area contributed by atoms with Crippen molar-refractivity contribution < 1.29 is 4.21 Å². The van der Waals surface area contributed by atoms with Gasteiger partial charge in [-0.05, 0) is 6.07 Å². The topological polar surface area (TPSA) is 56.0 Å². The van der Waals surface area contributed by atoms with Gasteiger partial charge in [0, 0.05) is 12.5 Å². The molecule has 5 heteroatoms. The van der Waals surface area contributed by atoms with E-state index < -0.39 is 10.8 Å². The highest BCUT2D eigenvalue weighted by molar-refractivity contribution is 7.84. The molecule has 1 unspecified atom stereocenters. The second-order valence-electron chi connectivity index (χ2n) is 1.99. The average molecular weight is 191 g/mol. The Morgan fingerprint density at radius 3 is 2.82 bits per heavy atom. The first-order valence-corrected chi connectivity index (χ1v) is 4.79. The van der Waals surface area contributed by atoms with E-state index in [4.69, 9.17) is 17.3 Å². The number of aromatic nitrogens is 1. The molecule has 0 fully saturated rings. The van der Waals surface area contributed by atoms with Crippen LogP contribution in [0.4, 0.5) is 5.82 Å². The quantitative estimate of drug-likeness (QED) is 0.721. The first-order chi connectivity index (χ1) is 5.11. The summed E-state index contributed by atoms with van der Waals surface area (Å²) in [6, 6.07) is 1.56. The summed E-state index contributed by atoms with van der Waals surface area (Å²) in [4.78, 5) is 4.34. The number of pyridine rings is 1. The van der Waals surface area contributed by atoms with Gasteiger partial charge in [0.25, 0.3) is 0 Å². The number of hydrogen-bond acceptors (Lipinski definition) is 3. The van der Waals surface area contributed by atoms with Crippen molar-refractivity contribution in [2.75, 3.05) is 12.0 Å². The van der Waals surface area contributed by atoms with E-state index in [1.807, 2.05) is 0 Å². The highest BCUT2D eigenvalue weighted by Gasteiger charge is 2.01. The van der Waals surface area contributed by atoms with Crippen LogP contribution in [-0.2, 0) is 10.8 Å². The van der Waals surface area contributed by atoms with Gasteiger partial charge in [0.05, 0.1) is 20.7 Å². The van der Waals surface area contributed by atoms with Gasteiger partial charge in [0.15, 0.2) is 0 Å². The van der Waals surface area contributed by atoms with E-state index in [1.165, 1.54) is 6.20 Å². The minimum Gasteiger partial charge on any atom is -0.382 e. The highest BCUT2D eigenvalue weighted by Crippen LogP contribution is 2.17. The maximum atomic E-state index is 10.9. The van der Waals surface area contributed by atoms with Crippen molar-refractivity contribution in [2.45, 2.75) is 4.90 Å². The SMILES string of the molecule is CS(=O)c1cnc(N)c(Cl)c1. The van der Waals surface area contributed by atoms with Crippen LogP contribution in [0.3, 0.4) is 0 Å². The third kappa shape index (κ3) is 1.91. The molecule has 0 bridgehead atoms. The van der Waals surface area contributed by atoms with E-state index >= 15 is 0 Å². The van der Waals surface area contributed by atoms with Gasteiger partial charge in [-0.3, -0.25) is 4.21 Å². The second kappa shape index (κ2) is 3.19. The molecule has 3 nitrogen and oxygen atoms in total. The van der Waals surface area contributed by atoms with Crippen LogP contribution in [-0.4, -0.2) is 15.4 Å². The van der Waals surface area contributed by atoms with E-state index in [1.54, 1.807) is 12.3 Å². The zero-order valence-corrected chi connectivity index (χ0v) is 7.45.